The average molecular weight is 775 g/mol. The third kappa shape index (κ3) is 10.6. The average Bonchev–Trinajstić information content (AvgIpc) is 3.09. The molecule has 0 aromatic heterocycles. The Morgan fingerprint density at radius 3 is 2.17 bits per heavy atom. The molecule has 316 valence electrons. The van der Waals surface area contributed by atoms with Crippen molar-refractivity contribution in [2.24, 2.45) is 17.8 Å². The minimum absolute atomic E-state index is 0.126. The van der Waals surface area contributed by atoms with E-state index in [0.29, 0.717) is 19.5 Å². The molecule has 3 rings (SSSR count). The number of aliphatic hydroxyl groups is 5. The molecule has 3 aliphatic rings. The van der Waals surface area contributed by atoms with Crippen molar-refractivity contribution in [3.63, 3.8) is 0 Å². The molecule has 3 saturated heterocycles. The first-order valence-corrected chi connectivity index (χ1v) is 19.8. The van der Waals surface area contributed by atoms with Crippen LogP contribution in [-0.2, 0) is 33.2 Å². The van der Waals surface area contributed by atoms with Crippen molar-refractivity contribution in [2.75, 3.05) is 34.3 Å². The van der Waals surface area contributed by atoms with Crippen molar-refractivity contribution in [2.45, 2.75) is 185 Å². The van der Waals surface area contributed by atoms with E-state index in [2.05, 4.69) is 6.58 Å². The third-order valence-electron chi connectivity index (χ3n) is 12.4. The minimum Gasteiger partial charge on any atom is -0.459 e. The summed E-state index contributed by atoms with van der Waals surface area (Å²) in [4.78, 5) is 18.2. The normalized spacial score (nSPS) is 48.1. The Bertz CT molecular complexity index is 1210. The van der Waals surface area contributed by atoms with E-state index < -0.39 is 96.0 Å². The second kappa shape index (κ2) is 19.0. The van der Waals surface area contributed by atoms with Crippen LogP contribution < -0.4 is 0 Å². The summed E-state index contributed by atoms with van der Waals surface area (Å²) in [6.07, 6.45) is -6.69. The Hall–Kier alpha value is -1.27. The van der Waals surface area contributed by atoms with Crippen LogP contribution in [0.1, 0.15) is 94.9 Å². The molecule has 3 heterocycles. The molecule has 14 heteroatoms. The summed E-state index contributed by atoms with van der Waals surface area (Å²) < 4.78 is 37.7. The van der Waals surface area contributed by atoms with Gasteiger partial charge in [0.15, 0.2) is 12.6 Å². The Morgan fingerprint density at radius 1 is 0.981 bits per heavy atom. The molecule has 3 fully saturated rings. The lowest BCUT2D eigenvalue weighted by Gasteiger charge is -2.48. The molecule has 0 aromatic rings. The molecule has 3 aliphatic heterocycles. The second-order valence-corrected chi connectivity index (χ2v) is 17.5. The summed E-state index contributed by atoms with van der Waals surface area (Å²) in [5, 5.41) is 58.7. The van der Waals surface area contributed by atoms with Crippen LogP contribution in [0.4, 0.5) is 0 Å². The van der Waals surface area contributed by atoms with Gasteiger partial charge < -0.3 is 58.9 Å². The lowest BCUT2D eigenvalue weighted by atomic mass is 9.77. The maximum absolute atomic E-state index is 14.3. The summed E-state index contributed by atoms with van der Waals surface area (Å²) in [6, 6.07) is -0.871. The van der Waals surface area contributed by atoms with Crippen molar-refractivity contribution in [3.8, 4) is 0 Å². The van der Waals surface area contributed by atoms with Gasteiger partial charge in [-0.25, -0.2) is 0 Å². The van der Waals surface area contributed by atoms with Crippen LogP contribution in [0, 0.1) is 17.8 Å². The van der Waals surface area contributed by atoms with E-state index in [4.69, 9.17) is 28.4 Å². The first-order chi connectivity index (χ1) is 24.9. The molecule has 0 aromatic carbocycles. The zero-order chi connectivity index (χ0) is 41.1. The lowest BCUT2D eigenvalue weighted by molar-refractivity contribution is -0.318. The van der Waals surface area contributed by atoms with Gasteiger partial charge in [-0.2, -0.15) is 0 Å². The second-order valence-electron chi connectivity index (χ2n) is 17.5. The number of hydrogen-bond donors (Lipinski definition) is 5. The van der Waals surface area contributed by atoms with Crippen molar-refractivity contribution in [3.05, 3.63) is 12.7 Å². The van der Waals surface area contributed by atoms with Crippen molar-refractivity contribution < 1.29 is 58.7 Å². The van der Waals surface area contributed by atoms with Gasteiger partial charge in [0.25, 0.3) is 0 Å². The summed E-state index contributed by atoms with van der Waals surface area (Å²) in [5.74, 6) is -2.67. The Labute approximate surface area is 324 Å². The molecule has 5 N–H and O–H groups in total. The Morgan fingerprint density at radius 2 is 1.61 bits per heavy atom. The van der Waals surface area contributed by atoms with Crippen molar-refractivity contribution in [1.82, 2.24) is 9.80 Å². The van der Waals surface area contributed by atoms with Gasteiger partial charge in [0.2, 0.25) is 0 Å². The molecule has 14 nitrogen and oxygen atoms in total. The predicted octanol–water partition coefficient (Wildman–Crippen LogP) is 2.46. The van der Waals surface area contributed by atoms with Crippen LogP contribution in [-0.4, -0.2) is 166 Å². The maximum atomic E-state index is 14.3. The Kier molecular flexibility index (Phi) is 16.6. The first-order valence-electron chi connectivity index (χ1n) is 19.8. The molecular weight excluding hydrogens is 700 g/mol. The number of esters is 1. The number of methoxy groups -OCH3 is 1. The quantitative estimate of drug-likeness (QED) is 0.170. The first kappa shape index (κ1) is 47.1. The number of carbonyl (C=O) groups is 1. The minimum atomic E-state index is -1.84. The molecule has 0 amide bonds. The highest BCUT2D eigenvalue weighted by molar-refractivity contribution is 5.73. The molecule has 0 aliphatic carbocycles. The summed E-state index contributed by atoms with van der Waals surface area (Å²) >= 11 is 0. The summed E-state index contributed by atoms with van der Waals surface area (Å²) in [6.45, 7) is 22.3. The van der Waals surface area contributed by atoms with Crippen LogP contribution in [0.5, 0.6) is 0 Å². The van der Waals surface area contributed by atoms with Crippen LogP contribution in [0.2, 0.25) is 0 Å². The van der Waals surface area contributed by atoms with Crippen LogP contribution >= 0.6 is 0 Å². The lowest BCUT2D eigenvalue weighted by Crippen LogP contribution is -2.60. The molecular formula is C40H74N2O12. The van der Waals surface area contributed by atoms with E-state index in [0.717, 1.165) is 0 Å². The van der Waals surface area contributed by atoms with Gasteiger partial charge >= 0.3 is 5.97 Å². The van der Waals surface area contributed by atoms with Gasteiger partial charge in [0.05, 0.1) is 41.5 Å². The highest BCUT2D eigenvalue weighted by Crippen LogP contribution is 2.40. The highest BCUT2D eigenvalue weighted by atomic mass is 16.7. The van der Waals surface area contributed by atoms with Crippen LogP contribution in [0.15, 0.2) is 12.7 Å². The predicted molar refractivity (Wildman–Crippen MR) is 203 cm³/mol. The number of carbonyl (C=O) groups excluding carboxylic acids is 1. The van der Waals surface area contributed by atoms with Gasteiger partial charge in [-0.1, -0.05) is 26.8 Å². The smallest absolute Gasteiger partial charge is 0.311 e. The number of likely N-dealkylation sites (N-methyl/N-ethyl adjacent to an activating group) is 1. The van der Waals surface area contributed by atoms with E-state index in [-0.39, 0.29) is 37.3 Å². The highest BCUT2D eigenvalue weighted by Gasteiger charge is 2.52. The fourth-order valence-electron chi connectivity index (χ4n) is 9.01. The van der Waals surface area contributed by atoms with Gasteiger partial charge in [-0.15, -0.1) is 6.58 Å². The molecule has 18 atom stereocenters. The third-order valence-corrected chi connectivity index (χ3v) is 12.4. The molecule has 54 heavy (non-hydrogen) atoms. The molecule has 0 saturated carbocycles. The summed E-state index contributed by atoms with van der Waals surface area (Å²) in [7, 11) is 5.27. The number of hydrogen-bond acceptors (Lipinski definition) is 14. The molecule has 0 radical (unpaired) electrons. The monoisotopic (exact) mass is 775 g/mol. The van der Waals surface area contributed by atoms with Crippen molar-refractivity contribution in [1.29, 1.82) is 0 Å². The number of nitrogens with zero attached hydrogens (tertiary/aromatic N) is 2. The zero-order valence-electron chi connectivity index (χ0n) is 35.2. The number of rotatable bonds is 9. The topological polar surface area (TPSA) is 180 Å². The Balaban J connectivity index is 2.21. The fourth-order valence-corrected chi connectivity index (χ4v) is 9.01. The van der Waals surface area contributed by atoms with E-state index in [1.165, 1.54) is 14.0 Å². The van der Waals surface area contributed by atoms with Gasteiger partial charge in [-0.3, -0.25) is 9.69 Å². The van der Waals surface area contributed by atoms with Crippen LogP contribution in [0.25, 0.3) is 0 Å². The van der Waals surface area contributed by atoms with Gasteiger partial charge in [-0.05, 0) is 87.7 Å². The van der Waals surface area contributed by atoms with Gasteiger partial charge in [0, 0.05) is 44.6 Å². The fraction of sp³-hybridized carbons (Fsp3) is 0.925. The van der Waals surface area contributed by atoms with Crippen LogP contribution in [0.3, 0.4) is 0 Å². The maximum Gasteiger partial charge on any atom is 0.311 e. The van der Waals surface area contributed by atoms with Crippen molar-refractivity contribution >= 4 is 5.97 Å². The van der Waals surface area contributed by atoms with E-state index in [9.17, 15) is 30.3 Å². The van der Waals surface area contributed by atoms with Gasteiger partial charge in [0.1, 0.15) is 30.0 Å². The number of ether oxygens (including phenoxy) is 6. The van der Waals surface area contributed by atoms with E-state index >= 15 is 0 Å². The zero-order valence-corrected chi connectivity index (χ0v) is 35.2. The van der Waals surface area contributed by atoms with E-state index in [1.807, 2.05) is 44.7 Å². The molecule has 0 unspecified atom stereocenters. The molecule has 0 bridgehead atoms. The van der Waals surface area contributed by atoms with E-state index in [1.54, 1.807) is 47.6 Å². The molecule has 0 spiro atoms. The largest absolute Gasteiger partial charge is 0.459 e. The number of cyclic esters (lactones) is 1. The standard InChI is InChI=1S/C40H74N2O12/c1-15-17-42-21-22(3)19-38(9,47)35(54-37-31(43)28(41(12)13)18-23(4)50-37)24(5)32(53-30-20-39(10,49-14)34(45)27(8)51-30)25(6)36(46)52-29(16-2)40(11,48)33(44)26(42)7/h15,22-35,37,43-45,47-48H,1,16-21H2,2-14H3/t22-,23-,24+,25-,26-,27+,28+,29-,30+,31-,32+,33-,34+,35-,37+,38-,39-,40-/m1/s1. The summed E-state index contributed by atoms with van der Waals surface area (Å²) in [5.41, 5.74) is -4.45. The number of aliphatic hydroxyl groups excluding tert-OH is 3. The SMILES string of the molecule is C=CCN1C[C@H](C)C[C@@](C)(O)[C@H](O[C@@H]2O[C@H](C)C[C@H](N(C)C)[C@H]2O)[C@@H](C)[C@H](O[C@H]2C[C@@](C)(OC)[C@@H](O)[C@H](C)O2)[C@@H](C)C(=O)O[C@H](CC)[C@@](C)(O)[C@H](O)[C@H]1C.